The lowest BCUT2D eigenvalue weighted by Gasteiger charge is -2.10. The van der Waals surface area contributed by atoms with E-state index in [4.69, 9.17) is 28.4 Å². The number of carboxylic acid groups (broad SMARTS) is 1. The van der Waals surface area contributed by atoms with Crippen molar-refractivity contribution in [3.05, 3.63) is 73.9 Å². The Labute approximate surface area is 195 Å². The van der Waals surface area contributed by atoms with Crippen molar-refractivity contribution in [3.8, 4) is 0 Å². The van der Waals surface area contributed by atoms with Crippen molar-refractivity contribution in [1.29, 1.82) is 0 Å². The molecule has 0 unspecified atom stereocenters. The first-order chi connectivity index (χ1) is 16.2. The summed E-state index contributed by atoms with van der Waals surface area (Å²) in [5.74, 6) is -1.98. The molecule has 0 spiro atoms. The second-order valence-corrected chi connectivity index (χ2v) is 7.01. The van der Waals surface area contributed by atoms with Crippen LogP contribution in [-0.4, -0.2) is 38.8 Å². The maximum atomic E-state index is 11.5. The van der Waals surface area contributed by atoms with Crippen molar-refractivity contribution in [1.82, 2.24) is 19.4 Å². The van der Waals surface area contributed by atoms with Crippen molar-refractivity contribution in [2.45, 2.75) is 6.54 Å². The fourth-order valence-electron chi connectivity index (χ4n) is 2.85. The number of nitrogens with one attached hydrogen (secondary N) is 2. The summed E-state index contributed by atoms with van der Waals surface area (Å²) >= 11 is 5.40. The molecule has 2 aromatic heterocycles. The third-order valence-electron chi connectivity index (χ3n) is 4.53. The molecule has 34 heavy (non-hydrogen) atoms. The predicted octanol–water partition coefficient (Wildman–Crippen LogP) is 0.648. The van der Waals surface area contributed by atoms with Crippen LogP contribution in [0.2, 0.25) is 0 Å². The third kappa shape index (κ3) is 4.79. The molecule has 13 nitrogen and oxygen atoms in total. The second-order valence-electron chi connectivity index (χ2n) is 6.74. The van der Waals surface area contributed by atoms with Crippen LogP contribution in [0.4, 0.5) is 22.7 Å². The number of fused-ring (bicyclic) bond motifs is 1. The molecule has 0 aliphatic heterocycles. The van der Waals surface area contributed by atoms with Gasteiger partial charge >= 0.3 is 11.9 Å². The molecule has 14 heteroatoms. The summed E-state index contributed by atoms with van der Waals surface area (Å²) < 4.78 is 5.66. The number of esters is 1. The summed E-state index contributed by atoms with van der Waals surface area (Å²) in [4.78, 5) is 50.7. The predicted molar refractivity (Wildman–Crippen MR) is 124 cm³/mol. The van der Waals surface area contributed by atoms with E-state index in [1.165, 1.54) is 13.3 Å². The number of anilines is 4. The Kier molecular flexibility index (Phi) is 7.09. The molecule has 0 aliphatic rings. The van der Waals surface area contributed by atoms with Gasteiger partial charge in [0.25, 0.3) is 10.9 Å². The molecule has 0 radical (unpaired) electrons. The van der Waals surface area contributed by atoms with Crippen LogP contribution >= 0.6 is 11.8 Å². The van der Waals surface area contributed by atoms with Gasteiger partial charge in [0.1, 0.15) is 11.4 Å². The Morgan fingerprint density at radius 1 is 1.21 bits per heavy atom. The minimum Gasteiger partial charge on any atom is -0.477 e. The van der Waals surface area contributed by atoms with Crippen LogP contribution in [0.3, 0.4) is 0 Å². The second kappa shape index (κ2) is 9.97. The first-order valence-electron chi connectivity index (χ1n) is 9.42. The minimum absolute atomic E-state index is 0.0177. The van der Waals surface area contributed by atoms with E-state index >= 15 is 0 Å². The maximum Gasteiger partial charge on any atom is 0.356 e. The van der Waals surface area contributed by atoms with Gasteiger partial charge in [-0.2, -0.15) is 5.10 Å². The highest BCUT2D eigenvalue weighted by Crippen LogP contribution is 2.19. The van der Waals surface area contributed by atoms with Crippen LogP contribution in [0, 0.1) is 0 Å². The van der Waals surface area contributed by atoms with Crippen LogP contribution in [0.5, 0.6) is 0 Å². The molecule has 0 aliphatic carbocycles. The van der Waals surface area contributed by atoms with Gasteiger partial charge in [0.05, 0.1) is 19.0 Å². The van der Waals surface area contributed by atoms with Crippen LogP contribution < -0.4 is 32.5 Å². The quantitative estimate of drug-likeness (QED) is 0.144. The largest absolute Gasteiger partial charge is 0.477 e. The molecule has 176 valence electrons. The number of nitrogens with zero attached hydrogens (tertiary/aromatic N) is 3. The normalized spacial score (nSPS) is 10.5. The van der Waals surface area contributed by atoms with Crippen molar-refractivity contribution >= 4 is 52.1 Å². The van der Waals surface area contributed by atoms with Gasteiger partial charge in [0.15, 0.2) is 17.0 Å². The number of hydrogen-bond donors (Lipinski definition) is 5. The van der Waals surface area contributed by atoms with Crippen molar-refractivity contribution in [2.24, 2.45) is 0 Å². The molecule has 2 heterocycles. The molecule has 0 atom stereocenters. The smallest absolute Gasteiger partial charge is 0.356 e. The van der Waals surface area contributed by atoms with Gasteiger partial charge in [-0.3, -0.25) is 9.59 Å². The molecule has 0 fully saturated rings. The van der Waals surface area contributed by atoms with Gasteiger partial charge < -0.3 is 26.6 Å². The van der Waals surface area contributed by atoms with Crippen molar-refractivity contribution in [3.63, 3.8) is 0 Å². The molecule has 4 rings (SSSR count). The van der Waals surface area contributed by atoms with E-state index in [2.05, 4.69) is 25.0 Å². The zero-order chi connectivity index (χ0) is 25.0. The summed E-state index contributed by atoms with van der Waals surface area (Å²) in [6.07, 6.45) is 1.28. The lowest BCUT2D eigenvalue weighted by molar-refractivity contribution is 0.0590. The van der Waals surface area contributed by atoms with Gasteiger partial charge in [0.2, 0.25) is 0 Å². The number of rotatable bonds is 6. The van der Waals surface area contributed by atoms with E-state index in [9.17, 15) is 19.2 Å². The molecular formula is C20H18ClN7O6. The van der Waals surface area contributed by atoms with Crippen molar-refractivity contribution in [2.75, 3.05) is 23.9 Å². The fraction of sp³-hybridized carbons (Fsp3) is 0.100. The Morgan fingerprint density at radius 2 is 1.94 bits per heavy atom. The summed E-state index contributed by atoms with van der Waals surface area (Å²) in [6.45, 7) is 0.498. The summed E-state index contributed by atoms with van der Waals surface area (Å²) in [7, 11) is 1.18. The molecule has 4 aromatic rings. The Bertz CT molecular complexity index is 1460. The zero-order valence-corrected chi connectivity index (χ0v) is 18.3. The van der Waals surface area contributed by atoms with Crippen LogP contribution in [0.1, 0.15) is 26.5 Å². The molecule has 2 aromatic carbocycles. The number of carbonyl (C=O) groups is 2. The molecule has 0 saturated heterocycles. The van der Waals surface area contributed by atoms with E-state index in [1.807, 2.05) is 18.2 Å². The van der Waals surface area contributed by atoms with Gasteiger partial charge in [-0.15, -0.1) is 0 Å². The Morgan fingerprint density at radius 3 is 2.56 bits per heavy atom. The number of aromatic carboxylic acids is 1. The number of carbonyl (C=O) groups excluding carboxylic acids is 1. The highest BCUT2D eigenvalue weighted by atomic mass is 35.5. The lowest BCUT2D eigenvalue weighted by Crippen LogP contribution is -2.36. The van der Waals surface area contributed by atoms with Crippen LogP contribution in [0.15, 0.2) is 46.1 Å². The number of nitrogens with two attached hydrogens (primary N) is 2. The zero-order valence-electron chi connectivity index (χ0n) is 17.5. The third-order valence-corrected chi connectivity index (χ3v) is 4.66. The molecule has 0 bridgehead atoms. The van der Waals surface area contributed by atoms with Crippen LogP contribution in [-0.2, 0) is 11.3 Å². The number of aromatic nitrogens is 3. The molecule has 7 N–H and O–H groups in total. The van der Waals surface area contributed by atoms with Crippen molar-refractivity contribution < 1.29 is 19.4 Å². The standard InChI is InChI=1S/C11H10ClN3O2.C9H8N4O4/c12-14-5-6-2-1-3-7(4-6)15-9-8(13)10(16)11(9)17;1-17-9(16)6-2-5(8(14)15)12-7-4(10)3-11-13(6)7/h1-4,14-15H,5,13H2;2-3H,10H2,1H3,(H,14,15). The highest BCUT2D eigenvalue weighted by molar-refractivity contribution is 6.13. The summed E-state index contributed by atoms with van der Waals surface area (Å²) in [5, 5.41) is 15.5. The molecular weight excluding hydrogens is 470 g/mol. The van der Waals surface area contributed by atoms with E-state index in [0.717, 1.165) is 16.1 Å². The van der Waals surface area contributed by atoms with E-state index in [0.29, 0.717) is 12.2 Å². The molecule has 0 saturated carbocycles. The summed E-state index contributed by atoms with van der Waals surface area (Å²) in [5.41, 5.74) is 11.5. The number of nitrogen functional groups attached to an aromatic ring is 2. The minimum atomic E-state index is -1.27. The average molecular weight is 488 g/mol. The SMILES string of the molecule is COC(=O)c1cc(C(=O)O)nc2c(N)cnn12.Nc1c(Nc2cccc(CNCl)c2)c(=O)c1=O. The maximum absolute atomic E-state index is 11.5. The van der Waals surface area contributed by atoms with E-state index < -0.39 is 22.8 Å². The number of benzene rings is 1. The van der Waals surface area contributed by atoms with Gasteiger partial charge in [-0.05, 0) is 29.5 Å². The number of halogens is 1. The topological polar surface area (TPSA) is 204 Å². The van der Waals surface area contributed by atoms with E-state index in [1.54, 1.807) is 6.07 Å². The van der Waals surface area contributed by atoms with E-state index in [-0.39, 0.29) is 34.1 Å². The van der Waals surface area contributed by atoms with Gasteiger partial charge in [-0.25, -0.2) is 23.9 Å². The van der Waals surface area contributed by atoms with Gasteiger partial charge in [-0.1, -0.05) is 12.1 Å². The number of hydrogen-bond acceptors (Lipinski definition) is 11. The first-order valence-corrected chi connectivity index (χ1v) is 9.79. The highest BCUT2D eigenvalue weighted by Gasteiger charge is 2.19. The Balaban J connectivity index is 0.000000191. The Hall–Kier alpha value is -4.49. The molecule has 0 amide bonds. The van der Waals surface area contributed by atoms with Gasteiger partial charge in [0, 0.05) is 18.3 Å². The monoisotopic (exact) mass is 487 g/mol. The number of ether oxygens (including phenoxy) is 1. The number of methoxy groups -OCH3 is 1. The van der Waals surface area contributed by atoms with Crippen LogP contribution in [0.25, 0.3) is 5.65 Å². The fourth-order valence-corrected chi connectivity index (χ4v) is 3.01. The average Bonchev–Trinajstić information content (AvgIpc) is 3.22. The lowest BCUT2D eigenvalue weighted by atomic mass is 10.1. The first kappa shape index (κ1) is 24.2. The summed E-state index contributed by atoms with van der Waals surface area (Å²) in [6, 6.07) is 8.35. The number of carboxylic acids is 1.